The molecule has 1 aliphatic heterocycles. The van der Waals surface area contributed by atoms with Crippen molar-refractivity contribution in [2.24, 2.45) is 22.6 Å². The number of hydrogen-bond donors (Lipinski definition) is 2. The minimum atomic E-state index is -0.0698. The number of aliphatic imine (C=N–C) groups is 1. The van der Waals surface area contributed by atoms with Crippen LogP contribution in [0, 0.1) is 11.8 Å². The van der Waals surface area contributed by atoms with Crippen LogP contribution in [0.2, 0.25) is 0 Å². The molecule has 0 saturated carbocycles. The Bertz CT molecular complexity index is 692. The zero-order valence-electron chi connectivity index (χ0n) is 14.0. The number of rotatable bonds is 6. The largest absolute Gasteiger partial charge is 0.384 e. The van der Waals surface area contributed by atoms with Gasteiger partial charge in [-0.25, -0.2) is 4.99 Å². The summed E-state index contributed by atoms with van der Waals surface area (Å²) in [6.07, 6.45) is 6.19. The SMILES string of the molecule is C=C(N)/N=C1/SC(C(=O)NCC)=CC1C(C)/C=C/c1ccccc1. The number of nitrogens with zero attached hydrogens (tertiary/aromatic N) is 1. The summed E-state index contributed by atoms with van der Waals surface area (Å²) >= 11 is 1.37. The first-order chi connectivity index (χ1) is 11.5. The molecule has 2 atom stereocenters. The van der Waals surface area contributed by atoms with Crippen LogP contribution in [-0.4, -0.2) is 17.5 Å². The van der Waals surface area contributed by atoms with Crippen LogP contribution < -0.4 is 11.1 Å². The van der Waals surface area contributed by atoms with E-state index < -0.39 is 0 Å². The van der Waals surface area contributed by atoms with Gasteiger partial charge < -0.3 is 11.1 Å². The summed E-state index contributed by atoms with van der Waals surface area (Å²) in [5.74, 6) is 0.391. The van der Waals surface area contributed by atoms with Gasteiger partial charge in [-0.05, 0) is 18.4 Å². The van der Waals surface area contributed by atoms with E-state index in [0.717, 1.165) is 10.6 Å². The number of amides is 1. The van der Waals surface area contributed by atoms with Crippen molar-refractivity contribution in [3.8, 4) is 0 Å². The van der Waals surface area contributed by atoms with Gasteiger partial charge in [0.2, 0.25) is 0 Å². The zero-order chi connectivity index (χ0) is 17.5. The number of likely N-dealkylation sites (N-methyl/N-ethyl adjacent to an activating group) is 1. The van der Waals surface area contributed by atoms with Crippen LogP contribution in [0.3, 0.4) is 0 Å². The number of allylic oxidation sites excluding steroid dienone is 2. The van der Waals surface area contributed by atoms with Crippen molar-refractivity contribution in [3.05, 3.63) is 65.4 Å². The fraction of sp³-hybridized carbons (Fsp3) is 0.263. The van der Waals surface area contributed by atoms with Crippen LogP contribution in [0.25, 0.3) is 6.08 Å². The third kappa shape index (κ3) is 4.86. The van der Waals surface area contributed by atoms with Gasteiger partial charge in [-0.2, -0.15) is 0 Å². The van der Waals surface area contributed by atoms with Crippen LogP contribution in [0.1, 0.15) is 19.4 Å². The molecule has 0 saturated heterocycles. The number of carbonyl (C=O) groups excluding carboxylic acids is 1. The molecular formula is C19H23N3OS. The standard InChI is InChI=1S/C19H23N3OS/c1-4-21-18(23)17-12-16(19(24-17)22-14(3)20)13(2)10-11-15-8-6-5-7-9-15/h5-13,16H,3-4,20H2,1-2H3,(H,21,23)/b11-10+,22-19+. The highest BCUT2D eigenvalue weighted by Crippen LogP contribution is 2.37. The van der Waals surface area contributed by atoms with Crippen molar-refractivity contribution < 1.29 is 4.79 Å². The second kappa shape index (κ2) is 8.55. The summed E-state index contributed by atoms with van der Waals surface area (Å²) in [4.78, 5) is 17.1. The van der Waals surface area contributed by atoms with E-state index in [1.165, 1.54) is 11.8 Å². The molecule has 2 unspecified atom stereocenters. The summed E-state index contributed by atoms with van der Waals surface area (Å²) in [5.41, 5.74) is 6.79. The van der Waals surface area contributed by atoms with Gasteiger partial charge in [0.25, 0.3) is 5.91 Å². The first kappa shape index (κ1) is 18.1. The van der Waals surface area contributed by atoms with E-state index in [0.29, 0.717) is 11.4 Å². The molecule has 4 nitrogen and oxygen atoms in total. The highest BCUT2D eigenvalue weighted by molar-refractivity contribution is 8.18. The van der Waals surface area contributed by atoms with E-state index in [1.807, 2.05) is 31.2 Å². The molecular weight excluding hydrogens is 318 g/mol. The van der Waals surface area contributed by atoms with Gasteiger partial charge in [0.05, 0.1) is 9.95 Å². The van der Waals surface area contributed by atoms with Crippen molar-refractivity contribution >= 4 is 28.8 Å². The lowest BCUT2D eigenvalue weighted by Crippen LogP contribution is -2.22. The molecule has 0 aliphatic carbocycles. The fourth-order valence-corrected chi connectivity index (χ4v) is 3.57. The molecule has 0 radical (unpaired) electrons. The van der Waals surface area contributed by atoms with Crippen LogP contribution in [-0.2, 0) is 4.79 Å². The molecule has 1 aliphatic rings. The van der Waals surface area contributed by atoms with Gasteiger partial charge >= 0.3 is 0 Å². The van der Waals surface area contributed by atoms with Crippen molar-refractivity contribution in [2.75, 3.05) is 6.54 Å². The van der Waals surface area contributed by atoms with Gasteiger partial charge in [0.15, 0.2) is 0 Å². The molecule has 126 valence electrons. The van der Waals surface area contributed by atoms with Crippen molar-refractivity contribution in [1.29, 1.82) is 0 Å². The summed E-state index contributed by atoms with van der Waals surface area (Å²) in [5, 5.41) is 3.64. The van der Waals surface area contributed by atoms with Crippen LogP contribution >= 0.6 is 11.8 Å². The zero-order valence-corrected chi connectivity index (χ0v) is 14.8. The summed E-state index contributed by atoms with van der Waals surface area (Å²) in [6, 6.07) is 10.1. The maximum Gasteiger partial charge on any atom is 0.257 e. The Morgan fingerprint density at radius 2 is 2.17 bits per heavy atom. The number of nitrogens with two attached hydrogens (primary N) is 1. The molecule has 1 aromatic carbocycles. The Labute approximate surface area is 147 Å². The minimum absolute atomic E-state index is 0.0212. The Hall–Kier alpha value is -2.27. The van der Waals surface area contributed by atoms with Crippen LogP contribution in [0.5, 0.6) is 0 Å². The third-order valence-electron chi connectivity index (χ3n) is 3.60. The fourth-order valence-electron chi connectivity index (χ4n) is 2.38. The maximum absolute atomic E-state index is 12.1. The minimum Gasteiger partial charge on any atom is -0.384 e. The van der Waals surface area contributed by atoms with E-state index in [-0.39, 0.29) is 23.6 Å². The first-order valence-corrected chi connectivity index (χ1v) is 8.77. The average molecular weight is 341 g/mol. The quantitative estimate of drug-likeness (QED) is 0.831. The van der Waals surface area contributed by atoms with Crippen LogP contribution in [0.15, 0.2) is 64.8 Å². The molecule has 5 heteroatoms. The molecule has 0 fully saturated rings. The summed E-state index contributed by atoms with van der Waals surface area (Å²) < 4.78 is 0. The smallest absolute Gasteiger partial charge is 0.257 e. The highest BCUT2D eigenvalue weighted by Gasteiger charge is 2.30. The molecule has 1 amide bonds. The van der Waals surface area contributed by atoms with E-state index in [2.05, 4.69) is 48.1 Å². The van der Waals surface area contributed by atoms with E-state index >= 15 is 0 Å². The Morgan fingerprint density at radius 1 is 1.46 bits per heavy atom. The Kier molecular flexibility index (Phi) is 6.44. The van der Waals surface area contributed by atoms with Crippen molar-refractivity contribution in [1.82, 2.24) is 5.32 Å². The predicted molar refractivity (Wildman–Crippen MR) is 103 cm³/mol. The van der Waals surface area contributed by atoms with Crippen molar-refractivity contribution in [2.45, 2.75) is 13.8 Å². The highest BCUT2D eigenvalue weighted by atomic mass is 32.2. The van der Waals surface area contributed by atoms with Gasteiger partial charge in [0, 0.05) is 12.5 Å². The second-order valence-corrected chi connectivity index (χ2v) is 6.65. The lowest BCUT2D eigenvalue weighted by Gasteiger charge is -2.14. The maximum atomic E-state index is 12.1. The van der Waals surface area contributed by atoms with Gasteiger partial charge in [-0.15, -0.1) is 0 Å². The topological polar surface area (TPSA) is 67.5 Å². The van der Waals surface area contributed by atoms with Gasteiger partial charge in [0.1, 0.15) is 5.82 Å². The number of carbonyl (C=O) groups is 1. The molecule has 0 spiro atoms. The van der Waals surface area contributed by atoms with Gasteiger partial charge in [-0.3, -0.25) is 4.79 Å². The molecule has 1 aromatic rings. The van der Waals surface area contributed by atoms with E-state index in [1.54, 1.807) is 0 Å². The number of nitrogens with one attached hydrogen (secondary N) is 1. The molecule has 3 N–H and O–H groups in total. The summed E-state index contributed by atoms with van der Waals surface area (Å²) in [6.45, 7) is 8.25. The molecule has 2 rings (SSSR count). The monoisotopic (exact) mass is 341 g/mol. The molecule has 0 bridgehead atoms. The van der Waals surface area contributed by atoms with Crippen molar-refractivity contribution in [3.63, 3.8) is 0 Å². The number of thioether (sulfide) groups is 1. The lowest BCUT2D eigenvalue weighted by molar-refractivity contribution is -0.116. The third-order valence-corrected chi connectivity index (χ3v) is 4.72. The Morgan fingerprint density at radius 3 is 2.79 bits per heavy atom. The van der Waals surface area contributed by atoms with E-state index in [9.17, 15) is 4.79 Å². The molecule has 0 aromatic heterocycles. The molecule has 1 heterocycles. The normalized spacial score (nSPS) is 20.2. The predicted octanol–water partition coefficient (Wildman–Crippen LogP) is 3.55. The number of benzene rings is 1. The van der Waals surface area contributed by atoms with Gasteiger partial charge in [-0.1, -0.05) is 73.8 Å². The average Bonchev–Trinajstić information content (AvgIpc) is 2.97. The molecule has 24 heavy (non-hydrogen) atoms. The first-order valence-electron chi connectivity index (χ1n) is 7.95. The summed E-state index contributed by atoms with van der Waals surface area (Å²) in [7, 11) is 0. The number of hydrogen-bond acceptors (Lipinski definition) is 4. The van der Waals surface area contributed by atoms with E-state index in [4.69, 9.17) is 5.73 Å². The Balaban J connectivity index is 2.20. The van der Waals surface area contributed by atoms with Crippen LogP contribution in [0.4, 0.5) is 0 Å². The second-order valence-electron chi connectivity index (χ2n) is 5.59. The lowest BCUT2D eigenvalue weighted by atomic mass is 9.93.